The molecule has 1 aliphatic rings. The number of hydrogen-bond donors (Lipinski definition) is 3. The fourth-order valence-electron chi connectivity index (χ4n) is 3.01. The zero-order chi connectivity index (χ0) is 17.1. The van der Waals surface area contributed by atoms with Crippen molar-refractivity contribution in [3.8, 4) is 0 Å². The largest absolute Gasteiger partial charge is 0.381 e. The zero-order valence-corrected chi connectivity index (χ0v) is 14.5. The Bertz CT molecular complexity index is 741. The van der Waals surface area contributed by atoms with E-state index < -0.39 is 0 Å². The van der Waals surface area contributed by atoms with E-state index in [1.165, 1.54) is 0 Å². The van der Waals surface area contributed by atoms with Gasteiger partial charge in [-0.05, 0) is 38.5 Å². The van der Waals surface area contributed by atoms with Gasteiger partial charge in [-0.25, -0.2) is 9.67 Å². The molecule has 1 aliphatic heterocycles. The molecule has 8 nitrogen and oxygen atoms in total. The Kier molecular flexibility index (Phi) is 5.17. The van der Waals surface area contributed by atoms with Crippen LogP contribution < -0.4 is 15.7 Å². The number of aryl methyl sites for hydroxylation is 2. The van der Waals surface area contributed by atoms with E-state index in [9.17, 15) is 4.79 Å². The molecule has 9 heteroatoms. The maximum absolute atomic E-state index is 12.5. The summed E-state index contributed by atoms with van der Waals surface area (Å²) in [4.78, 5) is 19.2. The number of hydrazine groups is 1. The lowest BCUT2D eigenvalue weighted by molar-refractivity contribution is 0.0903. The lowest BCUT2D eigenvalue weighted by atomic mass is 10.0. The number of carbonyl (C=O) groups excluding carboxylic acids is 1. The number of nitrogens with zero attached hydrogens (tertiary/aromatic N) is 3. The molecule has 0 spiro atoms. The summed E-state index contributed by atoms with van der Waals surface area (Å²) in [6.45, 7) is 5.95. The average molecular weight is 353 g/mol. The third-order valence-corrected chi connectivity index (χ3v) is 4.32. The highest BCUT2D eigenvalue weighted by atomic mass is 35.5. The molecule has 0 unspecified atom stereocenters. The van der Waals surface area contributed by atoms with Gasteiger partial charge in [0, 0.05) is 25.8 Å². The quantitative estimate of drug-likeness (QED) is 0.560. The molecule has 1 fully saturated rings. The highest BCUT2D eigenvalue weighted by Crippen LogP contribution is 2.30. The first kappa shape index (κ1) is 16.9. The van der Waals surface area contributed by atoms with Crippen LogP contribution in [0, 0.1) is 6.92 Å². The Morgan fingerprint density at radius 2 is 2.21 bits per heavy atom. The van der Waals surface area contributed by atoms with Gasteiger partial charge in [-0.15, -0.1) is 4.94 Å². The number of hydrogen-bond acceptors (Lipinski definition) is 6. The molecule has 2 aromatic rings. The van der Waals surface area contributed by atoms with Crippen LogP contribution in [0.2, 0.25) is 0 Å². The molecule has 0 atom stereocenters. The van der Waals surface area contributed by atoms with Gasteiger partial charge in [0.05, 0.1) is 28.5 Å². The van der Waals surface area contributed by atoms with Crippen molar-refractivity contribution in [3.63, 3.8) is 0 Å². The summed E-state index contributed by atoms with van der Waals surface area (Å²) in [6, 6.07) is 0.240. The van der Waals surface area contributed by atoms with Crippen LogP contribution in [0.4, 0.5) is 5.69 Å². The average Bonchev–Trinajstić information content (AvgIpc) is 2.98. The first-order chi connectivity index (χ1) is 11.7. The zero-order valence-electron chi connectivity index (χ0n) is 13.7. The lowest BCUT2D eigenvalue weighted by Crippen LogP contribution is -2.34. The van der Waals surface area contributed by atoms with Gasteiger partial charge in [0.25, 0.3) is 5.91 Å². The van der Waals surface area contributed by atoms with Crippen molar-refractivity contribution in [2.75, 3.05) is 18.5 Å². The Hall–Kier alpha value is -1.90. The summed E-state index contributed by atoms with van der Waals surface area (Å²) in [5, 5.41) is 8.70. The van der Waals surface area contributed by atoms with Gasteiger partial charge in [-0.3, -0.25) is 10.2 Å². The SMILES string of the molecule is CCn1ncc2c(NC3CCOCC3)c(C(=O)NNCl)c(C)nc21. The Labute approximate surface area is 145 Å². The number of carbonyl (C=O) groups is 1. The van der Waals surface area contributed by atoms with Crippen molar-refractivity contribution in [2.24, 2.45) is 0 Å². The minimum Gasteiger partial charge on any atom is -0.381 e. The molecule has 0 saturated carbocycles. The highest BCUT2D eigenvalue weighted by Gasteiger charge is 2.24. The smallest absolute Gasteiger partial charge is 0.270 e. The fraction of sp³-hybridized carbons (Fsp3) is 0.533. The Morgan fingerprint density at radius 3 is 2.88 bits per heavy atom. The monoisotopic (exact) mass is 352 g/mol. The molecule has 0 bridgehead atoms. The van der Waals surface area contributed by atoms with E-state index in [-0.39, 0.29) is 11.9 Å². The second-order valence-electron chi connectivity index (χ2n) is 5.72. The topological polar surface area (TPSA) is 93.1 Å². The normalized spacial score (nSPS) is 15.6. The van der Waals surface area contributed by atoms with E-state index >= 15 is 0 Å². The third-order valence-electron chi connectivity index (χ3n) is 4.22. The van der Waals surface area contributed by atoms with Crippen LogP contribution in [0.15, 0.2) is 6.20 Å². The third kappa shape index (κ3) is 3.17. The fourth-order valence-corrected chi connectivity index (χ4v) is 3.10. The van der Waals surface area contributed by atoms with Crippen LogP contribution in [0.3, 0.4) is 0 Å². The maximum atomic E-state index is 12.5. The number of nitrogens with one attached hydrogen (secondary N) is 3. The number of halogens is 1. The van der Waals surface area contributed by atoms with Crippen molar-refractivity contribution in [3.05, 3.63) is 17.5 Å². The number of rotatable bonds is 5. The molecule has 1 saturated heterocycles. The van der Waals surface area contributed by atoms with Gasteiger partial charge < -0.3 is 10.1 Å². The van der Waals surface area contributed by atoms with E-state index in [0.29, 0.717) is 31.0 Å². The number of ether oxygens (including phenoxy) is 1. The molecule has 3 N–H and O–H groups in total. The van der Waals surface area contributed by atoms with Crippen LogP contribution in [-0.2, 0) is 11.3 Å². The summed E-state index contributed by atoms with van der Waals surface area (Å²) in [5.41, 5.74) is 5.01. The van der Waals surface area contributed by atoms with E-state index in [4.69, 9.17) is 16.5 Å². The van der Waals surface area contributed by atoms with Crippen LogP contribution in [0.25, 0.3) is 11.0 Å². The van der Waals surface area contributed by atoms with Crippen molar-refractivity contribution in [2.45, 2.75) is 39.3 Å². The van der Waals surface area contributed by atoms with Crippen molar-refractivity contribution in [1.29, 1.82) is 0 Å². The van der Waals surface area contributed by atoms with Gasteiger partial charge in [0.15, 0.2) is 5.65 Å². The molecule has 130 valence electrons. The second-order valence-corrected chi connectivity index (χ2v) is 5.91. The molecule has 0 aliphatic carbocycles. The highest BCUT2D eigenvalue weighted by molar-refractivity contribution is 6.15. The second kappa shape index (κ2) is 7.33. The van der Waals surface area contributed by atoms with Crippen molar-refractivity contribution in [1.82, 2.24) is 25.1 Å². The first-order valence-corrected chi connectivity index (χ1v) is 8.39. The van der Waals surface area contributed by atoms with Crippen molar-refractivity contribution >= 4 is 34.4 Å². The number of fused-ring (bicyclic) bond motifs is 1. The number of amides is 1. The molecule has 1 amide bonds. The predicted molar refractivity (Wildman–Crippen MR) is 91.9 cm³/mol. The number of pyridine rings is 1. The molecular weight excluding hydrogens is 332 g/mol. The molecular formula is C15H21ClN6O2. The van der Waals surface area contributed by atoms with E-state index in [1.54, 1.807) is 6.20 Å². The molecule has 24 heavy (non-hydrogen) atoms. The van der Waals surface area contributed by atoms with Gasteiger partial charge >= 0.3 is 0 Å². The Balaban J connectivity index is 2.10. The van der Waals surface area contributed by atoms with E-state index in [2.05, 4.69) is 25.8 Å². The summed E-state index contributed by atoms with van der Waals surface area (Å²) >= 11 is 5.43. The van der Waals surface area contributed by atoms with Gasteiger partial charge in [0.1, 0.15) is 0 Å². The summed E-state index contributed by atoms with van der Waals surface area (Å²) in [7, 11) is 0. The molecule has 3 rings (SSSR count). The lowest BCUT2D eigenvalue weighted by Gasteiger charge is -2.26. The van der Waals surface area contributed by atoms with Gasteiger partial charge in [-0.1, -0.05) is 0 Å². The number of aromatic nitrogens is 3. The molecule has 2 aromatic heterocycles. The molecule has 0 radical (unpaired) electrons. The van der Waals surface area contributed by atoms with Crippen LogP contribution in [0.5, 0.6) is 0 Å². The first-order valence-electron chi connectivity index (χ1n) is 8.02. The molecule has 3 heterocycles. The summed E-state index contributed by atoms with van der Waals surface area (Å²) in [6.07, 6.45) is 3.52. The van der Waals surface area contributed by atoms with Crippen LogP contribution in [0.1, 0.15) is 35.8 Å². The summed E-state index contributed by atoms with van der Waals surface area (Å²) < 4.78 is 7.23. The van der Waals surface area contributed by atoms with E-state index in [0.717, 1.165) is 29.6 Å². The van der Waals surface area contributed by atoms with Gasteiger partial charge in [0.2, 0.25) is 0 Å². The van der Waals surface area contributed by atoms with Gasteiger partial charge in [-0.2, -0.15) is 5.10 Å². The van der Waals surface area contributed by atoms with Crippen LogP contribution >= 0.6 is 11.8 Å². The number of anilines is 1. The summed E-state index contributed by atoms with van der Waals surface area (Å²) in [5.74, 6) is -0.337. The van der Waals surface area contributed by atoms with Crippen molar-refractivity contribution < 1.29 is 9.53 Å². The standard InChI is InChI=1S/C15H21ClN6O2/c1-3-22-14-11(8-17-22)13(19-10-4-6-24-7-5-10)12(9(2)18-14)15(23)20-21-16/h8,10,21H,3-7H2,1-2H3,(H,18,19)(H,20,23). The Morgan fingerprint density at radius 1 is 1.46 bits per heavy atom. The maximum Gasteiger partial charge on any atom is 0.270 e. The van der Waals surface area contributed by atoms with E-state index in [1.807, 2.05) is 18.5 Å². The molecule has 0 aromatic carbocycles. The minimum absolute atomic E-state index is 0.240. The minimum atomic E-state index is -0.337. The predicted octanol–water partition coefficient (Wildman–Crippen LogP) is 1.74. The van der Waals surface area contributed by atoms with Crippen LogP contribution in [-0.4, -0.2) is 39.9 Å².